The average Bonchev–Trinajstić information content (AvgIpc) is 2.33. The summed E-state index contributed by atoms with van der Waals surface area (Å²) in [6, 6.07) is 9.11. The molecule has 104 valence electrons. The Morgan fingerprint density at radius 2 is 1.53 bits per heavy atom. The van der Waals surface area contributed by atoms with Gasteiger partial charge in [-0.15, -0.1) is 0 Å². The van der Waals surface area contributed by atoms with Gasteiger partial charge in [-0.25, -0.2) is 4.79 Å². The molecule has 0 aliphatic rings. The van der Waals surface area contributed by atoms with Gasteiger partial charge in [0.05, 0.1) is 12.2 Å². The number of carbonyl (C=O) groups is 1. The Kier molecular flexibility index (Phi) is 5.42. The lowest BCUT2D eigenvalue weighted by Crippen LogP contribution is -2.15. The molecular formula is C15H20O4. The van der Waals surface area contributed by atoms with E-state index < -0.39 is 5.97 Å². The highest BCUT2D eigenvalue weighted by molar-refractivity contribution is 5.92. The molecular weight excluding hydrogens is 244 g/mol. The van der Waals surface area contributed by atoms with Gasteiger partial charge in [-0.3, -0.25) is 0 Å². The van der Waals surface area contributed by atoms with E-state index in [1.807, 2.05) is 32.0 Å². The second kappa shape index (κ2) is 6.83. The SMILES string of the molecule is CC(C)OC(C(=O)O)=C(OC(C)C)c1ccccc1. The summed E-state index contributed by atoms with van der Waals surface area (Å²) in [5, 5.41) is 9.30. The molecule has 1 N–H and O–H groups in total. The normalized spacial score (nSPS) is 12.3. The quantitative estimate of drug-likeness (QED) is 0.632. The van der Waals surface area contributed by atoms with E-state index in [0.717, 1.165) is 0 Å². The third kappa shape index (κ3) is 4.66. The van der Waals surface area contributed by atoms with Crippen LogP contribution in [0.25, 0.3) is 5.76 Å². The van der Waals surface area contributed by atoms with E-state index in [1.54, 1.807) is 26.0 Å². The molecule has 1 rings (SSSR count). The van der Waals surface area contributed by atoms with E-state index in [-0.39, 0.29) is 23.7 Å². The summed E-state index contributed by atoms with van der Waals surface area (Å²) in [5.74, 6) is -1.03. The highest BCUT2D eigenvalue weighted by Gasteiger charge is 2.21. The first-order valence-electron chi connectivity index (χ1n) is 6.28. The zero-order chi connectivity index (χ0) is 14.4. The topological polar surface area (TPSA) is 55.8 Å². The molecule has 4 nitrogen and oxygen atoms in total. The van der Waals surface area contributed by atoms with Gasteiger partial charge in [0.15, 0.2) is 5.76 Å². The molecule has 19 heavy (non-hydrogen) atoms. The zero-order valence-electron chi connectivity index (χ0n) is 11.7. The Labute approximate surface area is 113 Å². The van der Waals surface area contributed by atoms with E-state index in [9.17, 15) is 9.90 Å². The molecule has 0 atom stereocenters. The van der Waals surface area contributed by atoms with Crippen molar-refractivity contribution in [1.29, 1.82) is 0 Å². The predicted octanol–water partition coefficient (Wildman–Crippen LogP) is 3.29. The summed E-state index contributed by atoms with van der Waals surface area (Å²) in [4.78, 5) is 11.4. The number of carboxylic acids is 1. The molecule has 0 radical (unpaired) electrons. The van der Waals surface area contributed by atoms with Crippen molar-refractivity contribution in [2.45, 2.75) is 39.9 Å². The minimum Gasteiger partial charge on any atom is -0.486 e. The minimum absolute atomic E-state index is 0.139. The van der Waals surface area contributed by atoms with Crippen LogP contribution in [-0.2, 0) is 14.3 Å². The maximum absolute atomic E-state index is 11.4. The van der Waals surface area contributed by atoms with Crippen LogP contribution in [0.1, 0.15) is 33.3 Å². The molecule has 0 spiro atoms. The van der Waals surface area contributed by atoms with Crippen LogP contribution >= 0.6 is 0 Å². The van der Waals surface area contributed by atoms with E-state index in [1.165, 1.54) is 0 Å². The van der Waals surface area contributed by atoms with Gasteiger partial charge in [0.25, 0.3) is 0 Å². The van der Waals surface area contributed by atoms with E-state index in [0.29, 0.717) is 5.56 Å². The molecule has 0 aliphatic carbocycles. The zero-order valence-corrected chi connectivity index (χ0v) is 11.7. The lowest BCUT2D eigenvalue weighted by atomic mass is 10.1. The Morgan fingerprint density at radius 1 is 1.00 bits per heavy atom. The molecule has 1 aromatic rings. The van der Waals surface area contributed by atoms with Crippen molar-refractivity contribution < 1.29 is 19.4 Å². The van der Waals surface area contributed by atoms with Crippen molar-refractivity contribution in [3.8, 4) is 0 Å². The number of hydrogen-bond donors (Lipinski definition) is 1. The highest BCUT2D eigenvalue weighted by atomic mass is 16.5. The first kappa shape index (κ1) is 15.1. The fourth-order valence-corrected chi connectivity index (χ4v) is 1.51. The molecule has 0 heterocycles. The van der Waals surface area contributed by atoms with Gasteiger partial charge in [0, 0.05) is 5.56 Å². The Morgan fingerprint density at radius 3 is 1.95 bits per heavy atom. The summed E-state index contributed by atoms with van der Waals surface area (Å²) in [7, 11) is 0. The monoisotopic (exact) mass is 264 g/mol. The number of carboxylic acid groups (broad SMARTS) is 1. The van der Waals surface area contributed by atoms with Gasteiger partial charge in [-0.2, -0.15) is 0 Å². The molecule has 0 bridgehead atoms. The standard InChI is InChI=1S/C15H20O4/c1-10(2)18-13(12-8-6-5-7-9-12)14(15(16)17)19-11(3)4/h5-11H,1-4H3,(H,16,17). The Hall–Kier alpha value is -1.97. The third-order valence-corrected chi connectivity index (χ3v) is 2.14. The molecule has 0 unspecified atom stereocenters. The fraction of sp³-hybridized carbons (Fsp3) is 0.400. The lowest BCUT2D eigenvalue weighted by molar-refractivity contribution is -0.137. The van der Waals surface area contributed by atoms with Crippen molar-refractivity contribution in [2.24, 2.45) is 0 Å². The molecule has 0 aliphatic heterocycles. The average molecular weight is 264 g/mol. The Bertz CT molecular complexity index is 446. The summed E-state index contributed by atoms with van der Waals surface area (Å²) in [6.45, 7) is 7.25. The van der Waals surface area contributed by atoms with Crippen LogP contribution in [0.5, 0.6) is 0 Å². The second-order valence-electron chi connectivity index (χ2n) is 4.66. The first-order valence-corrected chi connectivity index (χ1v) is 6.28. The maximum atomic E-state index is 11.4. The van der Waals surface area contributed by atoms with Crippen molar-refractivity contribution >= 4 is 11.7 Å². The van der Waals surface area contributed by atoms with Crippen LogP contribution in [0.3, 0.4) is 0 Å². The van der Waals surface area contributed by atoms with Crippen molar-refractivity contribution in [3.05, 3.63) is 41.7 Å². The largest absolute Gasteiger partial charge is 0.486 e. The fourth-order valence-electron chi connectivity index (χ4n) is 1.51. The lowest BCUT2D eigenvalue weighted by Gasteiger charge is -2.18. The summed E-state index contributed by atoms with van der Waals surface area (Å²) < 4.78 is 11.0. The van der Waals surface area contributed by atoms with Crippen LogP contribution in [0, 0.1) is 0 Å². The van der Waals surface area contributed by atoms with Crippen LogP contribution in [0.2, 0.25) is 0 Å². The number of rotatable bonds is 6. The van der Waals surface area contributed by atoms with Crippen LogP contribution in [0.4, 0.5) is 0 Å². The summed E-state index contributed by atoms with van der Waals surface area (Å²) in [5.41, 5.74) is 0.689. The Balaban J connectivity index is 3.29. The van der Waals surface area contributed by atoms with E-state index >= 15 is 0 Å². The van der Waals surface area contributed by atoms with Crippen LogP contribution in [-0.4, -0.2) is 23.3 Å². The third-order valence-electron chi connectivity index (χ3n) is 2.14. The van der Waals surface area contributed by atoms with Gasteiger partial charge < -0.3 is 14.6 Å². The molecule has 0 amide bonds. The van der Waals surface area contributed by atoms with Gasteiger partial charge in [0.2, 0.25) is 5.76 Å². The molecule has 0 aromatic heterocycles. The summed E-state index contributed by atoms with van der Waals surface area (Å²) in [6.07, 6.45) is -0.374. The van der Waals surface area contributed by atoms with Crippen LogP contribution in [0.15, 0.2) is 36.1 Å². The number of benzene rings is 1. The summed E-state index contributed by atoms with van der Waals surface area (Å²) >= 11 is 0. The van der Waals surface area contributed by atoms with Crippen molar-refractivity contribution in [2.75, 3.05) is 0 Å². The molecule has 4 heteroatoms. The number of aliphatic carboxylic acids is 1. The number of ether oxygens (including phenoxy) is 2. The van der Waals surface area contributed by atoms with Gasteiger partial charge in [-0.05, 0) is 27.7 Å². The molecule has 1 aromatic carbocycles. The van der Waals surface area contributed by atoms with E-state index in [2.05, 4.69) is 0 Å². The van der Waals surface area contributed by atoms with E-state index in [4.69, 9.17) is 9.47 Å². The molecule has 0 saturated heterocycles. The number of hydrogen-bond acceptors (Lipinski definition) is 3. The predicted molar refractivity (Wildman–Crippen MR) is 73.4 cm³/mol. The first-order chi connectivity index (χ1) is 8.91. The molecule has 0 fully saturated rings. The maximum Gasteiger partial charge on any atom is 0.375 e. The second-order valence-corrected chi connectivity index (χ2v) is 4.66. The van der Waals surface area contributed by atoms with Crippen molar-refractivity contribution in [3.63, 3.8) is 0 Å². The minimum atomic E-state index is -1.13. The highest BCUT2D eigenvalue weighted by Crippen LogP contribution is 2.23. The van der Waals surface area contributed by atoms with Crippen LogP contribution < -0.4 is 0 Å². The van der Waals surface area contributed by atoms with Gasteiger partial charge in [0.1, 0.15) is 0 Å². The van der Waals surface area contributed by atoms with Gasteiger partial charge >= 0.3 is 5.97 Å². The van der Waals surface area contributed by atoms with Gasteiger partial charge in [-0.1, -0.05) is 30.3 Å². The smallest absolute Gasteiger partial charge is 0.375 e. The van der Waals surface area contributed by atoms with Crippen molar-refractivity contribution in [1.82, 2.24) is 0 Å². The molecule has 0 saturated carbocycles.